The Labute approximate surface area is 221 Å². The number of ether oxygens (including phenoxy) is 2. The van der Waals surface area contributed by atoms with Crippen LogP contribution in [-0.2, 0) is 25.6 Å². The van der Waals surface area contributed by atoms with Crippen molar-refractivity contribution in [2.24, 2.45) is 0 Å². The Kier molecular flexibility index (Phi) is 9.45. The van der Waals surface area contributed by atoms with Crippen LogP contribution in [0.1, 0.15) is 36.5 Å². The summed E-state index contributed by atoms with van der Waals surface area (Å²) >= 11 is 5.94. The van der Waals surface area contributed by atoms with Crippen LogP contribution in [-0.4, -0.2) is 43.6 Å². The third-order valence-electron chi connectivity index (χ3n) is 5.85. The molecule has 0 saturated heterocycles. The molecule has 0 radical (unpaired) electrons. The van der Waals surface area contributed by atoms with Crippen molar-refractivity contribution in [3.63, 3.8) is 0 Å². The van der Waals surface area contributed by atoms with Crippen LogP contribution in [0.3, 0.4) is 0 Å². The van der Waals surface area contributed by atoms with E-state index in [2.05, 4.69) is 11.4 Å². The van der Waals surface area contributed by atoms with Gasteiger partial charge in [-0.3, -0.25) is 4.90 Å². The molecule has 0 aromatic heterocycles. The molecular formula is C28H27ClN4O4. The third-order valence-corrected chi connectivity index (χ3v) is 6.11. The first-order chi connectivity index (χ1) is 17.8. The van der Waals surface area contributed by atoms with Gasteiger partial charge in [-0.2, -0.15) is 10.5 Å². The van der Waals surface area contributed by atoms with E-state index >= 15 is 0 Å². The maximum atomic E-state index is 13.4. The van der Waals surface area contributed by atoms with Gasteiger partial charge in [0.2, 0.25) is 0 Å². The molecule has 3 rings (SSSR count). The van der Waals surface area contributed by atoms with Gasteiger partial charge in [0.05, 0.1) is 35.3 Å². The Bertz CT molecular complexity index is 1320. The van der Waals surface area contributed by atoms with Crippen LogP contribution in [0.15, 0.2) is 71.1 Å². The van der Waals surface area contributed by atoms with Gasteiger partial charge in [-0.1, -0.05) is 41.9 Å². The van der Waals surface area contributed by atoms with Crippen molar-refractivity contribution in [1.82, 2.24) is 10.2 Å². The molecule has 1 atom stereocenters. The molecule has 0 fully saturated rings. The zero-order valence-corrected chi connectivity index (χ0v) is 21.6. The van der Waals surface area contributed by atoms with E-state index < -0.39 is 17.9 Å². The highest BCUT2D eigenvalue weighted by atomic mass is 35.5. The molecule has 2 aromatic rings. The second kappa shape index (κ2) is 12.7. The Balaban J connectivity index is 1.87. The molecule has 0 bridgehead atoms. The minimum absolute atomic E-state index is 0.0343. The fourth-order valence-electron chi connectivity index (χ4n) is 4.13. The summed E-state index contributed by atoms with van der Waals surface area (Å²) in [5.41, 5.74) is 2.18. The van der Waals surface area contributed by atoms with E-state index in [0.717, 1.165) is 5.56 Å². The van der Waals surface area contributed by atoms with Crippen molar-refractivity contribution in [2.75, 3.05) is 26.8 Å². The number of rotatable bonds is 9. The maximum Gasteiger partial charge on any atom is 0.337 e. The number of hydrogen-bond acceptors (Lipinski definition) is 8. The summed E-state index contributed by atoms with van der Waals surface area (Å²) in [5, 5.41) is 23.0. The van der Waals surface area contributed by atoms with Crippen LogP contribution < -0.4 is 5.32 Å². The number of benzene rings is 2. The van der Waals surface area contributed by atoms with Gasteiger partial charge in [0, 0.05) is 23.8 Å². The Morgan fingerprint density at radius 2 is 1.70 bits per heavy atom. The predicted molar refractivity (Wildman–Crippen MR) is 138 cm³/mol. The quantitative estimate of drug-likeness (QED) is 0.491. The lowest BCUT2D eigenvalue weighted by molar-refractivity contribution is -0.140. The number of nitriles is 2. The zero-order chi connectivity index (χ0) is 26.9. The van der Waals surface area contributed by atoms with Gasteiger partial charge >= 0.3 is 11.9 Å². The largest absolute Gasteiger partial charge is 0.463 e. The molecule has 1 heterocycles. The van der Waals surface area contributed by atoms with Gasteiger partial charge in [0.1, 0.15) is 18.4 Å². The first-order valence-electron chi connectivity index (χ1n) is 11.7. The van der Waals surface area contributed by atoms with E-state index in [9.17, 15) is 20.1 Å². The van der Waals surface area contributed by atoms with E-state index in [1.807, 2.05) is 42.3 Å². The first-order valence-corrected chi connectivity index (χ1v) is 12.1. The van der Waals surface area contributed by atoms with Crippen molar-refractivity contribution in [2.45, 2.75) is 26.3 Å². The van der Waals surface area contributed by atoms with Gasteiger partial charge in [-0.25, -0.2) is 9.59 Å². The van der Waals surface area contributed by atoms with Crippen molar-refractivity contribution in [3.05, 3.63) is 92.8 Å². The minimum Gasteiger partial charge on any atom is -0.463 e. The predicted octanol–water partition coefficient (Wildman–Crippen LogP) is 4.19. The van der Waals surface area contributed by atoms with E-state index in [0.29, 0.717) is 29.4 Å². The van der Waals surface area contributed by atoms with Crippen LogP contribution in [0.2, 0.25) is 5.02 Å². The highest BCUT2D eigenvalue weighted by Crippen LogP contribution is 2.40. The average molecular weight is 519 g/mol. The third kappa shape index (κ3) is 6.56. The summed E-state index contributed by atoms with van der Waals surface area (Å²) in [6.07, 6.45) is 0. The van der Waals surface area contributed by atoms with Gasteiger partial charge in [-0.05, 0) is 50.2 Å². The lowest BCUT2D eigenvalue weighted by Gasteiger charge is -2.30. The number of allylic oxidation sites excluding steroid dienone is 2. The fourth-order valence-corrected chi connectivity index (χ4v) is 4.26. The van der Waals surface area contributed by atoms with Gasteiger partial charge in [0.15, 0.2) is 0 Å². The Morgan fingerprint density at radius 3 is 2.35 bits per heavy atom. The first kappa shape index (κ1) is 27.5. The number of hydrogen-bond donors (Lipinski definition) is 1. The number of nitrogens with zero attached hydrogens (tertiary/aromatic N) is 3. The van der Waals surface area contributed by atoms with Crippen LogP contribution in [0.5, 0.6) is 0 Å². The molecule has 8 nitrogen and oxygen atoms in total. The van der Waals surface area contributed by atoms with Crippen molar-refractivity contribution >= 4 is 23.5 Å². The topological polar surface area (TPSA) is 115 Å². The molecular weight excluding hydrogens is 492 g/mol. The number of halogens is 1. The standard InChI is InChI=1S/C28H27ClN4O4/c1-4-36-28(35)26-23(16-31)32-18(2)24(25(26)22-8-6-5-7-20(22)15-30)27(34)37-14-13-33(3)17-19-9-11-21(29)12-10-19/h5-12,25,32H,4,13-14,17H2,1-3H3. The van der Waals surface area contributed by atoms with Crippen LogP contribution in [0.25, 0.3) is 0 Å². The molecule has 190 valence electrons. The number of esters is 2. The molecule has 1 aliphatic rings. The molecule has 1 aliphatic heterocycles. The molecule has 1 unspecified atom stereocenters. The maximum absolute atomic E-state index is 13.4. The second-order valence-electron chi connectivity index (χ2n) is 8.42. The molecule has 0 saturated carbocycles. The average Bonchev–Trinajstić information content (AvgIpc) is 2.89. The van der Waals surface area contributed by atoms with E-state index in [1.165, 1.54) is 0 Å². The summed E-state index contributed by atoms with van der Waals surface area (Å²) in [6, 6.07) is 18.2. The number of dihydropyridines is 1. The summed E-state index contributed by atoms with van der Waals surface area (Å²) in [4.78, 5) is 28.4. The van der Waals surface area contributed by atoms with Gasteiger partial charge < -0.3 is 14.8 Å². The Hall–Kier alpha value is -4.11. The van der Waals surface area contributed by atoms with E-state index in [1.54, 1.807) is 38.1 Å². The van der Waals surface area contributed by atoms with Gasteiger partial charge in [-0.15, -0.1) is 0 Å². The SMILES string of the molecule is CCOC(=O)C1=C(C#N)NC(C)=C(C(=O)OCCN(C)Cc2ccc(Cl)cc2)C1c1ccccc1C#N. The Morgan fingerprint density at radius 1 is 1.03 bits per heavy atom. The minimum atomic E-state index is -1.01. The number of nitrogens with one attached hydrogen (secondary N) is 1. The monoisotopic (exact) mass is 518 g/mol. The van der Waals surface area contributed by atoms with Crippen LogP contribution in [0.4, 0.5) is 0 Å². The number of carbonyl (C=O) groups excluding carboxylic acids is 2. The van der Waals surface area contributed by atoms with Crippen LogP contribution in [0, 0.1) is 22.7 Å². The molecule has 9 heteroatoms. The number of likely N-dealkylation sites (N-methyl/N-ethyl adjacent to an activating group) is 1. The van der Waals surface area contributed by atoms with Crippen molar-refractivity contribution < 1.29 is 19.1 Å². The lowest BCUT2D eigenvalue weighted by atomic mass is 9.78. The highest BCUT2D eigenvalue weighted by Gasteiger charge is 2.40. The highest BCUT2D eigenvalue weighted by molar-refractivity contribution is 6.30. The molecule has 0 aliphatic carbocycles. The van der Waals surface area contributed by atoms with Crippen molar-refractivity contribution in [3.8, 4) is 12.1 Å². The fraction of sp³-hybridized carbons (Fsp3) is 0.286. The van der Waals surface area contributed by atoms with Gasteiger partial charge in [0.25, 0.3) is 0 Å². The lowest BCUT2D eigenvalue weighted by Crippen LogP contribution is -2.34. The van der Waals surface area contributed by atoms with E-state index in [4.69, 9.17) is 21.1 Å². The second-order valence-corrected chi connectivity index (χ2v) is 8.85. The summed E-state index contributed by atoms with van der Waals surface area (Å²) in [7, 11) is 1.90. The number of carbonyl (C=O) groups is 2. The molecule has 0 spiro atoms. The smallest absolute Gasteiger partial charge is 0.337 e. The van der Waals surface area contributed by atoms with Crippen molar-refractivity contribution in [1.29, 1.82) is 10.5 Å². The molecule has 37 heavy (non-hydrogen) atoms. The summed E-state index contributed by atoms with van der Waals surface area (Å²) in [5.74, 6) is -2.41. The summed E-state index contributed by atoms with van der Waals surface area (Å²) < 4.78 is 10.8. The molecule has 1 N–H and O–H groups in total. The normalized spacial score (nSPS) is 15.1. The molecule has 0 amide bonds. The zero-order valence-electron chi connectivity index (χ0n) is 20.9. The van der Waals surface area contributed by atoms with Crippen LogP contribution >= 0.6 is 11.6 Å². The molecule has 2 aromatic carbocycles. The summed E-state index contributed by atoms with van der Waals surface area (Å²) in [6.45, 7) is 4.54. The van der Waals surface area contributed by atoms with E-state index in [-0.39, 0.29) is 35.6 Å².